The molecule has 2 aromatic heterocycles. The Morgan fingerprint density at radius 3 is 2.17 bits per heavy atom. The maximum Gasteiger partial charge on any atom is 0.459 e. The van der Waals surface area contributed by atoms with Crippen molar-refractivity contribution in [2.24, 2.45) is 7.05 Å². The lowest BCUT2D eigenvalue weighted by Crippen LogP contribution is -2.36. The van der Waals surface area contributed by atoms with Gasteiger partial charge in [0.1, 0.15) is 11.3 Å². The quantitative estimate of drug-likeness (QED) is 0.722. The number of aryl methyl sites for hydroxylation is 1. The molecule has 0 bridgehead atoms. The summed E-state index contributed by atoms with van der Waals surface area (Å²) in [6, 6.07) is 0.870. The van der Waals surface area contributed by atoms with Crippen molar-refractivity contribution in [3.05, 3.63) is 41.0 Å². The zero-order valence-corrected chi connectivity index (χ0v) is 13.9. The van der Waals surface area contributed by atoms with Crippen LogP contribution in [0.25, 0.3) is 0 Å². The van der Waals surface area contributed by atoms with Gasteiger partial charge in [0, 0.05) is 13.2 Å². The standard InChI is InChI=1S/C14H8F8N4O3/c1-26-8(10(27)24-6-4-23-3-2-5(6)11(28)29)7(13(17,18)19)9(25-26)12(15,16)14(20,21)22/h2-4H,1H3,(H,24,27)(H,28,29). The zero-order chi connectivity index (χ0) is 22.4. The lowest BCUT2D eigenvalue weighted by molar-refractivity contribution is -0.292. The molecule has 0 saturated heterocycles. The molecule has 2 rings (SSSR count). The number of hydrogen-bond acceptors (Lipinski definition) is 4. The molecule has 0 radical (unpaired) electrons. The fourth-order valence-corrected chi connectivity index (χ4v) is 2.27. The molecule has 2 heterocycles. The number of aromatic nitrogens is 3. The van der Waals surface area contributed by atoms with E-state index in [1.807, 2.05) is 0 Å². The number of carbonyl (C=O) groups excluding carboxylic acids is 1. The van der Waals surface area contributed by atoms with Crippen LogP contribution in [0.5, 0.6) is 0 Å². The number of hydrogen-bond donors (Lipinski definition) is 2. The maximum atomic E-state index is 13.6. The van der Waals surface area contributed by atoms with Crippen LogP contribution >= 0.6 is 0 Å². The summed E-state index contributed by atoms with van der Waals surface area (Å²) in [6.07, 6.45) is -10.5. The minimum Gasteiger partial charge on any atom is -0.478 e. The van der Waals surface area contributed by atoms with Gasteiger partial charge in [-0.1, -0.05) is 0 Å². The lowest BCUT2D eigenvalue weighted by atomic mass is 10.1. The maximum absolute atomic E-state index is 13.6. The molecule has 0 aliphatic carbocycles. The highest BCUT2D eigenvalue weighted by Crippen LogP contribution is 2.48. The number of carboxylic acid groups (broad SMARTS) is 1. The molecule has 0 aliphatic heterocycles. The molecule has 158 valence electrons. The number of carbonyl (C=O) groups is 2. The number of rotatable bonds is 4. The predicted molar refractivity (Wildman–Crippen MR) is 77.3 cm³/mol. The Morgan fingerprint density at radius 1 is 1.10 bits per heavy atom. The molecule has 0 unspecified atom stereocenters. The molecule has 29 heavy (non-hydrogen) atoms. The number of aromatic carboxylic acids is 1. The van der Waals surface area contributed by atoms with E-state index in [1.54, 1.807) is 5.32 Å². The van der Waals surface area contributed by atoms with Gasteiger partial charge in [-0.3, -0.25) is 14.5 Å². The summed E-state index contributed by atoms with van der Waals surface area (Å²) in [5.41, 5.74) is -8.25. The minimum absolute atomic E-state index is 0.107. The van der Waals surface area contributed by atoms with Gasteiger partial charge in [-0.2, -0.15) is 40.2 Å². The van der Waals surface area contributed by atoms with E-state index >= 15 is 0 Å². The van der Waals surface area contributed by atoms with E-state index in [2.05, 4.69) is 10.1 Å². The number of pyridine rings is 1. The average Bonchev–Trinajstić information content (AvgIpc) is 2.92. The molecule has 15 heteroatoms. The van der Waals surface area contributed by atoms with Gasteiger partial charge in [-0.25, -0.2) is 4.79 Å². The first-order valence-electron chi connectivity index (χ1n) is 7.17. The Labute approximate surface area is 154 Å². The fourth-order valence-electron chi connectivity index (χ4n) is 2.27. The Morgan fingerprint density at radius 2 is 1.69 bits per heavy atom. The summed E-state index contributed by atoms with van der Waals surface area (Å²) in [7, 11) is 0.543. The highest BCUT2D eigenvalue weighted by Gasteiger charge is 2.64. The second-order valence-electron chi connectivity index (χ2n) is 5.45. The van der Waals surface area contributed by atoms with Gasteiger partial charge in [-0.15, -0.1) is 0 Å². The van der Waals surface area contributed by atoms with Crippen molar-refractivity contribution >= 4 is 17.6 Å². The van der Waals surface area contributed by atoms with Gasteiger partial charge in [0.25, 0.3) is 5.91 Å². The molecule has 0 fully saturated rings. The molecule has 7 nitrogen and oxygen atoms in total. The van der Waals surface area contributed by atoms with E-state index in [4.69, 9.17) is 5.11 Å². The molecule has 0 spiro atoms. The van der Waals surface area contributed by atoms with Crippen molar-refractivity contribution < 1.29 is 49.8 Å². The smallest absolute Gasteiger partial charge is 0.459 e. The number of nitrogens with zero attached hydrogens (tertiary/aromatic N) is 3. The van der Waals surface area contributed by atoms with Gasteiger partial charge >= 0.3 is 24.2 Å². The predicted octanol–water partition coefficient (Wildman–Crippen LogP) is 3.44. The largest absolute Gasteiger partial charge is 0.478 e. The minimum atomic E-state index is -6.42. The van der Waals surface area contributed by atoms with E-state index in [-0.39, 0.29) is 4.68 Å². The van der Waals surface area contributed by atoms with Crippen molar-refractivity contribution in [1.82, 2.24) is 14.8 Å². The van der Waals surface area contributed by atoms with E-state index in [0.717, 1.165) is 18.5 Å². The van der Waals surface area contributed by atoms with Gasteiger partial charge in [0.15, 0.2) is 5.69 Å². The Balaban J connectivity index is 2.65. The second kappa shape index (κ2) is 6.97. The second-order valence-corrected chi connectivity index (χ2v) is 5.45. The lowest BCUT2D eigenvalue weighted by Gasteiger charge is -2.19. The van der Waals surface area contributed by atoms with Crippen LogP contribution in [0.2, 0.25) is 0 Å². The van der Waals surface area contributed by atoms with E-state index in [1.165, 1.54) is 0 Å². The van der Waals surface area contributed by atoms with Crippen LogP contribution in [0.3, 0.4) is 0 Å². The summed E-state index contributed by atoms with van der Waals surface area (Å²) in [5.74, 6) is -9.46. The SMILES string of the molecule is Cn1nc(C(F)(F)C(F)(F)F)c(C(F)(F)F)c1C(=O)Nc1cnccc1C(=O)O. The fraction of sp³-hybridized carbons (Fsp3) is 0.286. The molecule has 0 aromatic carbocycles. The highest BCUT2D eigenvalue weighted by atomic mass is 19.4. The van der Waals surface area contributed by atoms with Crippen molar-refractivity contribution in [2.45, 2.75) is 18.3 Å². The average molecular weight is 432 g/mol. The van der Waals surface area contributed by atoms with Crippen LogP contribution < -0.4 is 5.32 Å². The first-order chi connectivity index (χ1) is 13.1. The number of alkyl halides is 8. The third kappa shape index (κ3) is 3.97. The summed E-state index contributed by atoms with van der Waals surface area (Å²) < 4.78 is 105. The van der Waals surface area contributed by atoms with Gasteiger partial charge in [0.2, 0.25) is 0 Å². The molecule has 2 aromatic rings. The summed E-state index contributed by atoms with van der Waals surface area (Å²) in [5, 5.41) is 13.3. The third-order valence-electron chi connectivity index (χ3n) is 3.50. The number of halogens is 8. The van der Waals surface area contributed by atoms with E-state index < -0.39 is 58.4 Å². The van der Waals surface area contributed by atoms with Crippen molar-refractivity contribution in [1.29, 1.82) is 0 Å². The normalized spacial score (nSPS) is 12.7. The van der Waals surface area contributed by atoms with Crippen molar-refractivity contribution in [2.75, 3.05) is 5.32 Å². The Kier molecular flexibility index (Phi) is 5.29. The summed E-state index contributed by atoms with van der Waals surface area (Å²) in [4.78, 5) is 26.8. The molecular weight excluding hydrogens is 424 g/mol. The highest BCUT2D eigenvalue weighted by molar-refractivity contribution is 6.07. The van der Waals surface area contributed by atoms with Gasteiger partial charge in [0.05, 0.1) is 17.4 Å². The molecule has 1 amide bonds. The number of nitrogens with one attached hydrogen (secondary N) is 1. The first kappa shape index (κ1) is 22.0. The number of carboxylic acids is 1. The van der Waals surface area contributed by atoms with Crippen molar-refractivity contribution in [3.8, 4) is 0 Å². The molecular formula is C14H8F8N4O3. The van der Waals surface area contributed by atoms with Crippen LogP contribution in [0.1, 0.15) is 32.1 Å². The topological polar surface area (TPSA) is 97.1 Å². The van der Waals surface area contributed by atoms with Crippen LogP contribution in [0.4, 0.5) is 40.8 Å². The molecule has 0 aliphatic rings. The molecule has 2 N–H and O–H groups in total. The summed E-state index contributed by atoms with van der Waals surface area (Å²) >= 11 is 0. The Bertz CT molecular complexity index is 965. The Hall–Kier alpha value is -3.26. The van der Waals surface area contributed by atoms with Crippen LogP contribution in [0, 0.1) is 0 Å². The number of amides is 1. The molecule has 0 atom stereocenters. The van der Waals surface area contributed by atoms with Gasteiger partial charge < -0.3 is 10.4 Å². The first-order valence-corrected chi connectivity index (χ1v) is 7.17. The van der Waals surface area contributed by atoms with Gasteiger partial charge in [-0.05, 0) is 6.07 Å². The third-order valence-corrected chi connectivity index (χ3v) is 3.50. The van der Waals surface area contributed by atoms with E-state index in [0.29, 0.717) is 7.05 Å². The zero-order valence-electron chi connectivity index (χ0n) is 13.9. The van der Waals surface area contributed by atoms with Crippen molar-refractivity contribution in [3.63, 3.8) is 0 Å². The monoisotopic (exact) mass is 432 g/mol. The van der Waals surface area contributed by atoms with Crippen LogP contribution in [-0.4, -0.2) is 37.9 Å². The number of anilines is 1. The molecule has 0 saturated carbocycles. The van der Waals surface area contributed by atoms with Crippen LogP contribution in [-0.2, 0) is 19.1 Å². The van der Waals surface area contributed by atoms with E-state index in [9.17, 15) is 44.7 Å². The summed E-state index contributed by atoms with van der Waals surface area (Å²) in [6.45, 7) is 0. The van der Waals surface area contributed by atoms with Crippen LogP contribution in [0.15, 0.2) is 18.5 Å².